The molecule has 3 heterocycles. The number of aromatic nitrogens is 2. The summed E-state index contributed by atoms with van der Waals surface area (Å²) < 4.78 is 2.54. The lowest BCUT2D eigenvalue weighted by atomic mass is 10.1. The molecule has 1 fully saturated rings. The zero-order valence-corrected chi connectivity index (χ0v) is 13.9. The summed E-state index contributed by atoms with van der Waals surface area (Å²) in [6, 6.07) is 0. The molecule has 4 nitrogen and oxygen atoms in total. The molecular formula is C17H30N4. The van der Waals surface area contributed by atoms with Crippen molar-refractivity contribution in [3.63, 3.8) is 0 Å². The van der Waals surface area contributed by atoms with Crippen molar-refractivity contribution in [2.45, 2.75) is 59.0 Å². The van der Waals surface area contributed by atoms with Crippen LogP contribution >= 0.6 is 0 Å². The highest BCUT2D eigenvalue weighted by molar-refractivity contribution is 5.21. The van der Waals surface area contributed by atoms with Crippen LogP contribution in [0.3, 0.4) is 0 Å². The van der Waals surface area contributed by atoms with Crippen LogP contribution in [0.15, 0.2) is 0 Å². The molecule has 1 unspecified atom stereocenters. The van der Waals surface area contributed by atoms with Gasteiger partial charge in [-0.15, -0.1) is 0 Å². The van der Waals surface area contributed by atoms with E-state index in [1.54, 1.807) is 0 Å². The minimum Gasteiger partial charge on any atom is -0.331 e. The summed E-state index contributed by atoms with van der Waals surface area (Å²) in [5, 5.41) is 3.45. The maximum Gasteiger partial charge on any atom is 0.111 e. The second kappa shape index (κ2) is 6.49. The summed E-state index contributed by atoms with van der Waals surface area (Å²) in [5.74, 6) is 2.50. The molecule has 2 aliphatic rings. The monoisotopic (exact) mass is 290 g/mol. The van der Waals surface area contributed by atoms with Gasteiger partial charge in [-0.05, 0) is 31.8 Å². The molecule has 0 aliphatic carbocycles. The number of rotatable bonds is 5. The van der Waals surface area contributed by atoms with E-state index in [4.69, 9.17) is 4.98 Å². The Balaban J connectivity index is 1.74. The number of hydrogen-bond donors (Lipinski definition) is 1. The quantitative estimate of drug-likeness (QED) is 0.904. The highest BCUT2D eigenvalue weighted by Crippen LogP contribution is 2.23. The lowest BCUT2D eigenvalue weighted by molar-refractivity contribution is 0.268. The summed E-state index contributed by atoms with van der Waals surface area (Å²) >= 11 is 0. The molecule has 0 amide bonds. The summed E-state index contributed by atoms with van der Waals surface area (Å²) in [4.78, 5) is 7.55. The molecule has 1 aromatic rings. The Bertz CT molecular complexity index is 471. The van der Waals surface area contributed by atoms with Crippen molar-refractivity contribution >= 4 is 0 Å². The topological polar surface area (TPSA) is 33.1 Å². The summed E-state index contributed by atoms with van der Waals surface area (Å²) in [5.41, 5.74) is 2.78. The van der Waals surface area contributed by atoms with E-state index in [2.05, 4.69) is 35.6 Å². The zero-order valence-electron chi connectivity index (χ0n) is 13.9. The van der Waals surface area contributed by atoms with E-state index >= 15 is 0 Å². The van der Waals surface area contributed by atoms with Crippen molar-refractivity contribution in [2.24, 2.45) is 5.92 Å². The average Bonchev–Trinajstić information content (AvgIpc) is 3.07. The second-order valence-corrected chi connectivity index (χ2v) is 7.17. The number of nitrogens with one attached hydrogen (secondary N) is 1. The molecule has 1 N–H and O–H groups in total. The first kappa shape index (κ1) is 15.0. The molecule has 1 saturated heterocycles. The van der Waals surface area contributed by atoms with Gasteiger partial charge >= 0.3 is 0 Å². The molecule has 0 spiro atoms. The van der Waals surface area contributed by atoms with Crippen LogP contribution < -0.4 is 5.32 Å². The average molecular weight is 290 g/mol. The van der Waals surface area contributed by atoms with E-state index < -0.39 is 0 Å². The Morgan fingerprint density at radius 1 is 1.14 bits per heavy atom. The molecule has 0 saturated carbocycles. The van der Waals surface area contributed by atoms with Crippen molar-refractivity contribution in [1.82, 2.24) is 19.8 Å². The maximum atomic E-state index is 4.92. The van der Waals surface area contributed by atoms with Gasteiger partial charge < -0.3 is 14.8 Å². The molecule has 0 bridgehead atoms. The third-order valence-electron chi connectivity index (χ3n) is 4.80. The van der Waals surface area contributed by atoms with Crippen molar-refractivity contribution in [3.05, 3.63) is 17.2 Å². The van der Waals surface area contributed by atoms with E-state index in [0.717, 1.165) is 26.1 Å². The molecule has 0 radical (unpaired) electrons. The summed E-state index contributed by atoms with van der Waals surface area (Å²) in [7, 11) is 0. The highest BCUT2D eigenvalue weighted by Gasteiger charge is 2.23. The molecule has 1 atom stereocenters. The van der Waals surface area contributed by atoms with E-state index in [0.29, 0.717) is 11.8 Å². The molecule has 21 heavy (non-hydrogen) atoms. The SMILES string of the molecule is CC(CN1CCCC1)Cn1c(C(C)C)nc2c1CCNC2. The lowest BCUT2D eigenvalue weighted by Gasteiger charge is -2.24. The fourth-order valence-corrected chi connectivity index (χ4v) is 3.81. The number of imidazole rings is 1. The van der Waals surface area contributed by atoms with E-state index in [1.165, 1.54) is 49.7 Å². The Labute approximate surface area is 128 Å². The second-order valence-electron chi connectivity index (χ2n) is 7.17. The Hall–Kier alpha value is -0.870. The zero-order chi connectivity index (χ0) is 14.8. The predicted octanol–water partition coefficient (Wildman–Crippen LogP) is 2.38. The third-order valence-corrected chi connectivity index (χ3v) is 4.80. The minimum atomic E-state index is 0.509. The largest absolute Gasteiger partial charge is 0.331 e. The molecule has 3 rings (SSSR count). The molecular weight excluding hydrogens is 260 g/mol. The van der Waals surface area contributed by atoms with E-state index in [9.17, 15) is 0 Å². The third kappa shape index (κ3) is 3.32. The van der Waals surface area contributed by atoms with Crippen molar-refractivity contribution in [3.8, 4) is 0 Å². The molecule has 1 aromatic heterocycles. The lowest BCUT2D eigenvalue weighted by Crippen LogP contribution is -2.30. The number of hydrogen-bond acceptors (Lipinski definition) is 3. The van der Waals surface area contributed by atoms with Crippen molar-refractivity contribution in [2.75, 3.05) is 26.2 Å². The Morgan fingerprint density at radius 2 is 1.90 bits per heavy atom. The standard InChI is InChI=1S/C17H30N4/c1-13(2)17-19-15-10-18-7-6-16(15)21(17)12-14(3)11-20-8-4-5-9-20/h13-14,18H,4-12H2,1-3H3. The van der Waals surface area contributed by atoms with Gasteiger partial charge in [-0.3, -0.25) is 0 Å². The molecule has 118 valence electrons. The van der Waals surface area contributed by atoms with Gasteiger partial charge in [0.25, 0.3) is 0 Å². The maximum absolute atomic E-state index is 4.92. The van der Waals surface area contributed by atoms with E-state index in [-0.39, 0.29) is 0 Å². The van der Waals surface area contributed by atoms with Crippen LogP contribution in [0, 0.1) is 5.92 Å². The number of likely N-dealkylation sites (tertiary alicyclic amines) is 1. The van der Waals surface area contributed by atoms with E-state index in [1.807, 2.05) is 0 Å². The fraction of sp³-hybridized carbons (Fsp3) is 0.824. The Morgan fingerprint density at radius 3 is 2.62 bits per heavy atom. The van der Waals surface area contributed by atoms with Gasteiger partial charge in [0.05, 0.1) is 5.69 Å². The first-order valence-electron chi connectivity index (χ1n) is 8.66. The van der Waals surface area contributed by atoms with Crippen LogP contribution in [-0.4, -0.2) is 40.6 Å². The predicted molar refractivity (Wildman–Crippen MR) is 86.6 cm³/mol. The van der Waals surface area contributed by atoms with Crippen LogP contribution in [0.4, 0.5) is 0 Å². The van der Waals surface area contributed by atoms with Gasteiger partial charge in [0.1, 0.15) is 5.82 Å². The summed E-state index contributed by atoms with van der Waals surface area (Å²) in [6.45, 7) is 13.9. The van der Waals surface area contributed by atoms with Crippen LogP contribution in [0.5, 0.6) is 0 Å². The molecule has 4 heteroatoms. The van der Waals surface area contributed by atoms with Gasteiger partial charge in [0.2, 0.25) is 0 Å². The van der Waals surface area contributed by atoms with Gasteiger partial charge in [-0.1, -0.05) is 20.8 Å². The molecule has 2 aliphatic heterocycles. The van der Waals surface area contributed by atoms with Crippen LogP contribution in [0.25, 0.3) is 0 Å². The van der Waals surface area contributed by atoms with Crippen LogP contribution in [0.1, 0.15) is 56.7 Å². The highest BCUT2D eigenvalue weighted by atomic mass is 15.2. The smallest absolute Gasteiger partial charge is 0.111 e. The van der Waals surface area contributed by atoms with Crippen molar-refractivity contribution < 1.29 is 0 Å². The van der Waals surface area contributed by atoms with Crippen LogP contribution in [-0.2, 0) is 19.5 Å². The van der Waals surface area contributed by atoms with Gasteiger partial charge in [-0.2, -0.15) is 0 Å². The minimum absolute atomic E-state index is 0.509. The van der Waals surface area contributed by atoms with Crippen LogP contribution in [0.2, 0.25) is 0 Å². The van der Waals surface area contributed by atoms with Gasteiger partial charge in [0, 0.05) is 44.2 Å². The Kier molecular flexibility index (Phi) is 4.65. The normalized spacial score (nSPS) is 21.0. The first-order chi connectivity index (χ1) is 10.1. The summed E-state index contributed by atoms with van der Waals surface area (Å²) in [6.07, 6.45) is 3.90. The molecule has 0 aromatic carbocycles. The number of fused-ring (bicyclic) bond motifs is 1. The van der Waals surface area contributed by atoms with Crippen molar-refractivity contribution in [1.29, 1.82) is 0 Å². The fourth-order valence-electron chi connectivity index (χ4n) is 3.81. The van der Waals surface area contributed by atoms with Gasteiger partial charge in [0.15, 0.2) is 0 Å². The number of nitrogens with zero attached hydrogens (tertiary/aromatic N) is 3. The van der Waals surface area contributed by atoms with Gasteiger partial charge in [-0.25, -0.2) is 4.98 Å². The first-order valence-corrected chi connectivity index (χ1v) is 8.66.